The van der Waals surface area contributed by atoms with Gasteiger partial charge in [0.1, 0.15) is 5.75 Å². The molecule has 0 aromatic heterocycles. The number of benzene rings is 1. The van der Waals surface area contributed by atoms with Crippen LogP contribution in [0.4, 0.5) is 5.69 Å². The molecule has 4 nitrogen and oxygen atoms in total. The summed E-state index contributed by atoms with van der Waals surface area (Å²) in [5.74, 6) is 0.374. The van der Waals surface area contributed by atoms with E-state index in [-0.39, 0.29) is 5.91 Å². The van der Waals surface area contributed by atoms with Gasteiger partial charge in [-0.3, -0.25) is 4.79 Å². The van der Waals surface area contributed by atoms with Crippen molar-refractivity contribution in [2.75, 3.05) is 19.4 Å². The molecule has 0 aliphatic rings. The Morgan fingerprint density at radius 1 is 1.60 bits per heavy atom. The Hall–Kier alpha value is -1.97. The van der Waals surface area contributed by atoms with Crippen LogP contribution in [0.1, 0.15) is 10.4 Å². The van der Waals surface area contributed by atoms with Gasteiger partial charge in [0.2, 0.25) is 0 Å². The summed E-state index contributed by atoms with van der Waals surface area (Å²) >= 11 is 0. The largest absolute Gasteiger partial charge is 0.497 e. The molecule has 0 unspecified atom stereocenters. The second-order valence-electron chi connectivity index (χ2n) is 2.99. The first-order valence-electron chi connectivity index (χ1n) is 4.51. The van der Waals surface area contributed by atoms with Gasteiger partial charge >= 0.3 is 0 Å². The summed E-state index contributed by atoms with van der Waals surface area (Å²) in [5, 5.41) is 2.66. The minimum atomic E-state index is -0.194. The van der Waals surface area contributed by atoms with Crippen molar-refractivity contribution in [3.8, 4) is 5.75 Å². The summed E-state index contributed by atoms with van der Waals surface area (Å²) in [4.78, 5) is 11.6. The van der Waals surface area contributed by atoms with Gasteiger partial charge in [-0.15, -0.1) is 6.58 Å². The van der Waals surface area contributed by atoms with Crippen molar-refractivity contribution in [3.05, 3.63) is 36.4 Å². The van der Waals surface area contributed by atoms with Crippen molar-refractivity contribution in [1.29, 1.82) is 0 Å². The summed E-state index contributed by atoms with van der Waals surface area (Å²) in [6, 6.07) is 4.89. The van der Waals surface area contributed by atoms with Gasteiger partial charge in [0, 0.05) is 23.9 Å². The number of amides is 1. The van der Waals surface area contributed by atoms with Crippen molar-refractivity contribution in [2.24, 2.45) is 0 Å². The van der Waals surface area contributed by atoms with Crippen LogP contribution in [-0.2, 0) is 0 Å². The van der Waals surface area contributed by atoms with E-state index < -0.39 is 0 Å². The minimum absolute atomic E-state index is 0.194. The van der Waals surface area contributed by atoms with Crippen LogP contribution < -0.4 is 15.8 Å². The molecule has 0 radical (unpaired) electrons. The van der Waals surface area contributed by atoms with Crippen molar-refractivity contribution < 1.29 is 9.53 Å². The van der Waals surface area contributed by atoms with E-state index in [1.54, 1.807) is 24.3 Å². The number of nitrogen functional groups attached to an aromatic ring is 1. The van der Waals surface area contributed by atoms with Crippen LogP contribution in [0.25, 0.3) is 0 Å². The number of ether oxygens (including phenoxy) is 1. The summed E-state index contributed by atoms with van der Waals surface area (Å²) in [6.45, 7) is 3.94. The van der Waals surface area contributed by atoms with E-state index in [2.05, 4.69) is 11.9 Å². The average Bonchev–Trinajstić information content (AvgIpc) is 2.24. The lowest BCUT2D eigenvalue weighted by Gasteiger charge is -2.06. The molecule has 0 fully saturated rings. The third kappa shape index (κ3) is 3.02. The highest BCUT2D eigenvalue weighted by Gasteiger charge is 2.06. The molecule has 0 aliphatic heterocycles. The number of nitrogens with one attached hydrogen (secondary N) is 1. The molecule has 0 heterocycles. The zero-order valence-electron chi connectivity index (χ0n) is 8.62. The van der Waals surface area contributed by atoms with Crippen LogP contribution >= 0.6 is 0 Å². The third-order valence-electron chi connectivity index (χ3n) is 1.83. The first-order valence-corrected chi connectivity index (χ1v) is 4.51. The predicted molar refractivity (Wildman–Crippen MR) is 59.9 cm³/mol. The minimum Gasteiger partial charge on any atom is -0.497 e. The molecule has 0 aliphatic carbocycles. The van der Waals surface area contributed by atoms with Crippen LogP contribution in [-0.4, -0.2) is 19.6 Å². The standard InChI is InChI=1S/C11H14N2O2/c1-3-4-13-11(14)8-5-9(12)7-10(6-8)15-2/h3,5-7H,1,4,12H2,2H3,(H,13,14). The van der Waals surface area contributed by atoms with Gasteiger partial charge in [0.25, 0.3) is 5.91 Å². The fraction of sp³-hybridized carbons (Fsp3) is 0.182. The van der Waals surface area contributed by atoms with Crippen LogP contribution in [0, 0.1) is 0 Å². The highest BCUT2D eigenvalue weighted by Crippen LogP contribution is 2.18. The molecule has 15 heavy (non-hydrogen) atoms. The Balaban J connectivity index is 2.88. The highest BCUT2D eigenvalue weighted by atomic mass is 16.5. The molecule has 1 aromatic rings. The second-order valence-corrected chi connectivity index (χ2v) is 2.99. The quantitative estimate of drug-likeness (QED) is 0.574. The molecule has 0 bridgehead atoms. The van der Waals surface area contributed by atoms with Gasteiger partial charge in [-0.05, 0) is 12.1 Å². The molecule has 1 rings (SSSR count). The van der Waals surface area contributed by atoms with E-state index in [1.165, 1.54) is 7.11 Å². The summed E-state index contributed by atoms with van der Waals surface area (Å²) in [7, 11) is 1.53. The molecular formula is C11H14N2O2. The number of hydrogen-bond acceptors (Lipinski definition) is 3. The van der Waals surface area contributed by atoms with Gasteiger partial charge < -0.3 is 15.8 Å². The number of carbonyl (C=O) groups excluding carboxylic acids is 1. The average molecular weight is 206 g/mol. The van der Waals surface area contributed by atoms with E-state index >= 15 is 0 Å². The maximum absolute atomic E-state index is 11.6. The Bertz CT molecular complexity index is 375. The zero-order chi connectivity index (χ0) is 11.3. The third-order valence-corrected chi connectivity index (χ3v) is 1.83. The number of methoxy groups -OCH3 is 1. The van der Waals surface area contributed by atoms with Crippen molar-refractivity contribution >= 4 is 11.6 Å². The molecule has 0 saturated heterocycles. The van der Waals surface area contributed by atoms with E-state index in [0.717, 1.165) is 0 Å². The summed E-state index contributed by atoms with van der Waals surface area (Å²) in [5.41, 5.74) is 6.60. The Morgan fingerprint density at radius 2 is 2.33 bits per heavy atom. The van der Waals surface area contributed by atoms with E-state index in [1.807, 2.05) is 0 Å². The zero-order valence-corrected chi connectivity index (χ0v) is 8.62. The first kappa shape index (κ1) is 11.1. The van der Waals surface area contributed by atoms with Crippen LogP contribution in [0.3, 0.4) is 0 Å². The highest BCUT2D eigenvalue weighted by molar-refractivity contribution is 5.95. The molecule has 80 valence electrons. The van der Waals surface area contributed by atoms with Crippen LogP contribution in [0.2, 0.25) is 0 Å². The van der Waals surface area contributed by atoms with Crippen LogP contribution in [0.5, 0.6) is 5.75 Å². The molecule has 1 amide bonds. The second kappa shape index (κ2) is 5.05. The molecule has 0 saturated carbocycles. The normalized spacial score (nSPS) is 9.40. The van der Waals surface area contributed by atoms with Crippen molar-refractivity contribution in [3.63, 3.8) is 0 Å². The summed E-state index contributed by atoms with van der Waals surface area (Å²) < 4.78 is 5.01. The number of carbonyl (C=O) groups is 1. The Labute approximate surface area is 88.7 Å². The van der Waals surface area contributed by atoms with Crippen LogP contribution in [0.15, 0.2) is 30.9 Å². The smallest absolute Gasteiger partial charge is 0.251 e. The Morgan fingerprint density at radius 3 is 2.93 bits per heavy atom. The number of nitrogens with two attached hydrogens (primary N) is 1. The van der Waals surface area contributed by atoms with E-state index in [0.29, 0.717) is 23.5 Å². The van der Waals surface area contributed by atoms with Gasteiger partial charge in [-0.25, -0.2) is 0 Å². The predicted octanol–water partition coefficient (Wildman–Crippen LogP) is 1.19. The lowest BCUT2D eigenvalue weighted by molar-refractivity contribution is 0.0957. The molecule has 0 atom stereocenters. The molecule has 0 spiro atoms. The number of anilines is 1. The SMILES string of the molecule is C=CCNC(=O)c1cc(N)cc(OC)c1. The first-order chi connectivity index (χ1) is 7.17. The summed E-state index contributed by atoms with van der Waals surface area (Å²) in [6.07, 6.45) is 1.61. The molecule has 4 heteroatoms. The van der Waals surface area contributed by atoms with E-state index in [9.17, 15) is 4.79 Å². The fourth-order valence-corrected chi connectivity index (χ4v) is 1.14. The van der Waals surface area contributed by atoms with Gasteiger partial charge in [-0.1, -0.05) is 6.08 Å². The monoisotopic (exact) mass is 206 g/mol. The van der Waals surface area contributed by atoms with E-state index in [4.69, 9.17) is 10.5 Å². The Kier molecular flexibility index (Phi) is 3.74. The lowest BCUT2D eigenvalue weighted by Crippen LogP contribution is -2.23. The van der Waals surface area contributed by atoms with Gasteiger partial charge in [-0.2, -0.15) is 0 Å². The molecule has 1 aromatic carbocycles. The fourth-order valence-electron chi connectivity index (χ4n) is 1.14. The molecular weight excluding hydrogens is 192 g/mol. The topological polar surface area (TPSA) is 64.4 Å². The number of rotatable bonds is 4. The maximum atomic E-state index is 11.6. The molecule has 3 N–H and O–H groups in total. The van der Waals surface area contributed by atoms with Gasteiger partial charge in [0.05, 0.1) is 7.11 Å². The van der Waals surface area contributed by atoms with Crippen molar-refractivity contribution in [2.45, 2.75) is 0 Å². The maximum Gasteiger partial charge on any atom is 0.251 e. The lowest BCUT2D eigenvalue weighted by atomic mass is 10.2. The van der Waals surface area contributed by atoms with Crippen molar-refractivity contribution in [1.82, 2.24) is 5.32 Å². The van der Waals surface area contributed by atoms with Gasteiger partial charge in [0.15, 0.2) is 0 Å². The number of hydrogen-bond donors (Lipinski definition) is 2.